The van der Waals surface area contributed by atoms with Crippen molar-refractivity contribution in [1.29, 1.82) is 0 Å². The Morgan fingerprint density at radius 2 is 1.42 bits per heavy atom. The number of benzene rings is 3. The normalized spacial score (nSPS) is 10.2. The van der Waals surface area contributed by atoms with Crippen LogP contribution in [0.5, 0.6) is 11.5 Å². The second-order valence-corrected chi connectivity index (χ2v) is 5.69. The topological polar surface area (TPSA) is 47.6 Å². The average Bonchev–Trinajstić information content (AvgIpc) is 2.71. The first-order valence-corrected chi connectivity index (χ1v) is 8.55. The van der Waals surface area contributed by atoms with Gasteiger partial charge in [-0.2, -0.15) is 0 Å². The lowest BCUT2D eigenvalue weighted by Crippen LogP contribution is -2.28. The number of amides is 1. The number of nitrogens with one attached hydrogen (secondary N) is 1. The van der Waals surface area contributed by atoms with Crippen molar-refractivity contribution in [2.75, 3.05) is 13.2 Å². The molecule has 132 valence electrons. The maximum absolute atomic E-state index is 12.4. The van der Waals surface area contributed by atoms with E-state index in [9.17, 15) is 4.79 Å². The minimum Gasteiger partial charge on any atom is -0.492 e. The Morgan fingerprint density at radius 3 is 2.19 bits per heavy atom. The predicted molar refractivity (Wildman–Crippen MR) is 101 cm³/mol. The fourth-order valence-electron chi connectivity index (χ4n) is 2.46. The Morgan fingerprint density at radius 1 is 0.769 bits per heavy atom. The number of rotatable bonds is 8. The SMILES string of the molecule is O=C(NCCOc1ccccc1)c1ccccc1OCc1ccccc1. The molecule has 26 heavy (non-hydrogen) atoms. The van der Waals surface area contributed by atoms with Crippen molar-refractivity contribution in [3.05, 3.63) is 96.1 Å². The fraction of sp³-hybridized carbons (Fsp3) is 0.136. The molecule has 1 N–H and O–H groups in total. The molecule has 0 saturated carbocycles. The summed E-state index contributed by atoms with van der Waals surface area (Å²) in [5.74, 6) is 1.18. The van der Waals surface area contributed by atoms with E-state index in [1.807, 2.05) is 72.8 Å². The number of hydrogen-bond donors (Lipinski definition) is 1. The third kappa shape index (κ3) is 5.11. The van der Waals surface area contributed by atoms with E-state index in [2.05, 4.69) is 5.32 Å². The predicted octanol–water partition coefficient (Wildman–Crippen LogP) is 4.07. The van der Waals surface area contributed by atoms with E-state index in [1.54, 1.807) is 12.1 Å². The molecule has 1 amide bonds. The monoisotopic (exact) mass is 347 g/mol. The molecular weight excluding hydrogens is 326 g/mol. The summed E-state index contributed by atoms with van der Waals surface area (Å²) in [5.41, 5.74) is 1.57. The van der Waals surface area contributed by atoms with Crippen LogP contribution in [0.3, 0.4) is 0 Å². The zero-order valence-electron chi connectivity index (χ0n) is 14.4. The van der Waals surface area contributed by atoms with Gasteiger partial charge in [0.2, 0.25) is 0 Å². The highest BCUT2D eigenvalue weighted by Crippen LogP contribution is 2.19. The molecule has 0 unspecified atom stereocenters. The maximum atomic E-state index is 12.4. The molecule has 3 aromatic carbocycles. The zero-order valence-corrected chi connectivity index (χ0v) is 14.4. The smallest absolute Gasteiger partial charge is 0.255 e. The van der Waals surface area contributed by atoms with E-state index < -0.39 is 0 Å². The number of ether oxygens (including phenoxy) is 2. The summed E-state index contributed by atoms with van der Waals surface area (Å²) in [6.07, 6.45) is 0. The number of carbonyl (C=O) groups excluding carboxylic acids is 1. The molecule has 3 aromatic rings. The Labute approximate surface area is 153 Å². The Bertz CT molecular complexity index is 819. The Kier molecular flexibility index (Phi) is 6.26. The van der Waals surface area contributed by atoms with Crippen molar-refractivity contribution in [2.45, 2.75) is 6.61 Å². The molecule has 0 aliphatic carbocycles. The van der Waals surface area contributed by atoms with E-state index in [0.29, 0.717) is 31.1 Å². The molecule has 0 radical (unpaired) electrons. The van der Waals surface area contributed by atoms with Crippen LogP contribution in [0.1, 0.15) is 15.9 Å². The molecule has 0 aliphatic heterocycles. The largest absolute Gasteiger partial charge is 0.492 e. The molecule has 0 spiro atoms. The summed E-state index contributed by atoms with van der Waals surface area (Å²) in [6.45, 7) is 1.24. The zero-order chi connectivity index (χ0) is 18.0. The van der Waals surface area contributed by atoms with Crippen molar-refractivity contribution in [3.8, 4) is 11.5 Å². The minimum atomic E-state index is -0.176. The number of carbonyl (C=O) groups is 1. The van der Waals surface area contributed by atoms with Gasteiger partial charge in [-0.1, -0.05) is 60.7 Å². The van der Waals surface area contributed by atoms with E-state index in [-0.39, 0.29) is 5.91 Å². The lowest BCUT2D eigenvalue weighted by Gasteiger charge is -2.12. The lowest BCUT2D eigenvalue weighted by atomic mass is 10.2. The standard InChI is InChI=1S/C22H21NO3/c24-22(23-15-16-25-19-11-5-2-6-12-19)20-13-7-8-14-21(20)26-17-18-9-3-1-4-10-18/h1-14H,15-17H2,(H,23,24). The van der Waals surface area contributed by atoms with Crippen molar-refractivity contribution in [2.24, 2.45) is 0 Å². The first-order chi connectivity index (χ1) is 12.8. The van der Waals surface area contributed by atoms with Crippen LogP contribution in [-0.4, -0.2) is 19.1 Å². The molecule has 0 fully saturated rings. The van der Waals surface area contributed by atoms with Gasteiger partial charge in [0.05, 0.1) is 12.1 Å². The van der Waals surface area contributed by atoms with E-state index in [1.165, 1.54) is 0 Å². The minimum absolute atomic E-state index is 0.176. The molecule has 0 bridgehead atoms. The summed E-state index contributed by atoms with van der Waals surface area (Å²) in [5, 5.41) is 2.86. The van der Waals surface area contributed by atoms with Crippen LogP contribution in [0.15, 0.2) is 84.9 Å². The van der Waals surface area contributed by atoms with Crippen LogP contribution in [-0.2, 0) is 6.61 Å². The summed E-state index contributed by atoms with van der Waals surface area (Å²) in [4.78, 5) is 12.4. The van der Waals surface area contributed by atoms with Crippen LogP contribution in [0.2, 0.25) is 0 Å². The molecule has 0 atom stereocenters. The number of para-hydroxylation sites is 2. The van der Waals surface area contributed by atoms with Gasteiger partial charge in [0.15, 0.2) is 0 Å². The third-order valence-corrected chi connectivity index (χ3v) is 3.77. The van der Waals surface area contributed by atoms with Gasteiger partial charge in [0.25, 0.3) is 5.91 Å². The third-order valence-electron chi connectivity index (χ3n) is 3.77. The van der Waals surface area contributed by atoms with Gasteiger partial charge >= 0.3 is 0 Å². The van der Waals surface area contributed by atoms with E-state index in [0.717, 1.165) is 11.3 Å². The number of hydrogen-bond acceptors (Lipinski definition) is 3. The lowest BCUT2D eigenvalue weighted by molar-refractivity contribution is 0.0942. The molecule has 0 aliphatic rings. The Hall–Kier alpha value is -3.27. The summed E-state index contributed by atoms with van der Waals surface area (Å²) >= 11 is 0. The van der Waals surface area contributed by atoms with Gasteiger partial charge in [-0.05, 0) is 29.8 Å². The molecule has 4 heteroatoms. The summed E-state index contributed by atoms with van der Waals surface area (Å²) in [7, 11) is 0. The molecular formula is C22H21NO3. The highest BCUT2D eigenvalue weighted by atomic mass is 16.5. The van der Waals surface area contributed by atoms with Gasteiger partial charge < -0.3 is 14.8 Å². The van der Waals surface area contributed by atoms with Crippen molar-refractivity contribution in [3.63, 3.8) is 0 Å². The van der Waals surface area contributed by atoms with Crippen LogP contribution in [0, 0.1) is 0 Å². The van der Waals surface area contributed by atoms with Crippen molar-refractivity contribution < 1.29 is 14.3 Å². The fourth-order valence-corrected chi connectivity index (χ4v) is 2.46. The maximum Gasteiger partial charge on any atom is 0.255 e. The highest BCUT2D eigenvalue weighted by Gasteiger charge is 2.11. The second-order valence-electron chi connectivity index (χ2n) is 5.69. The van der Waals surface area contributed by atoms with Gasteiger partial charge in [0, 0.05) is 0 Å². The van der Waals surface area contributed by atoms with Gasteiger partial charge in [-0.15, -0.1) is 0 Å². The molecule has 4 nitrogen and oxygen atoms in total. The molecule has 3 rings (SSSR count). The first-order valence-electron chi connectivity index (χ1n) is 8.55. The van der Waals surface area contributed by atoms with Crippen LogP contribution < -0.4 is 14.8 Å². The Balaban J connectivity index is 1.52. The van der Waals surface area contributed by atoms with Crippen molar-refractivity contribution in [1.82, 2.24) is 5.32 Å². The second kappa shape index (κ2) is 9.28. The van der Waals surface area contributed by atoms with E-state index in [4.69, 9.17) is 9.47 Å². The highest BCUT2D eigenvalue weighted by molar-refractivity contribution is 5.96. The van der Waals surface area contributed by atoms with Crippen LogP contribution >= 0.6 is 0 Å². The van der Waals surface area contributed by atoms with Gasteiger partial charge in [0.1, 0.15) is 24.7 Å². The average molecular weight is 347 g/mol. The van der Waals surface area contributed by atoms with E-state index >= 15 is 0 Å². The van der Waals surface area contributed by atoms with Crippen LogP contribution in [0.4, 0.5) is 0 Å². The first kappa shape index (κ1) is 17.5. The van der Waals surface area contributed by atoms with Crippen molar-refractivity contribution >= 4 is 5.91 Å². The van der Waals surface area contributed by atoms with Gasteiger partial charge in [-0.3, -0.25) is 4.79 Å². The molecule has 0 saturated heterocycles. The quantitative estimate of drug-likeness (QED) is 0.625. The van der Waals surface area contributed by atoms with Gasteiger partial charge in [-0.25, -0.2) is 0 Å². The summed E-state index contributed by atoms with van der Waals surface area (Å²) in [6, 6.07) is 26.6. The van der Waals surface area contributed by atoms with Crippen LogP contribution in [0.25, 0.3) is 0 Å². The summed E-state index contributed by atoms with van der Waals surface area (Å²) < 4.78 is 11.4. The molecule has 0 aromatic heterocycles. The molecule has 0 heterocycles.